The van der Waals surface area contributed by atoms with Crippen LogP contribution in [0.25, 0.3) is 0 Å². The first-order valence-electron chi connectivity index (χ1n) is 6.75. The SMILES string of the molecule is CC1CCc2nc(NC(=O)C3CCCN3)sc2C1. The summed E-state index contributed by atoms with van der Waals surface area (Å²) in [4.78, 5) is 17.9. The zero-order valence-electron chi connectivity index (χ0n) is 10.7. The highest BCUT2D eigenvalue weighted by molar-refractivity contribution is 7.15. The molecule has 98 valence electrons. The number of amides is 1. The number of hydrogen-bond acceptors (Lipinski definition) is 4. The van der Waals surface area contributed by atoms with E-state index >= 15 is 0 Å². The summed E-state index contributed by atoms with van der Waals surface area (Å²) in [6.45, 7) is 3.23. The third kappa shape index (κ3) is 2.42. The number of fused-ring (bicyclic) bond motifs is 1. The lowest BCUT2D eigenvalue weighted by molar-refractivity contribution is -0.117. The van der Waals surface area contributed by atoms with Gasteiger partial charge in [-0.15, -0.1) is 11.3 Å². The molecule has 3 rings (SSSR count). The van der Waals surface area contributed by atoms with Gasteiger partial charge < -0.3 is 10.6 Å². The van der Waals surface area contributed by atoms with E-state index in [4.69, 9.17) is 0 Å². The van der Waals surface area contributed by atoms with E-state index in [0.29, 0.717) is 0 Å². The fourth-order valence-electron chi connectivity index (χ4n) is 2.69. The number of carbonyl (C=O) groups is 1. The Morgan fingerprint density at radius 3 is 3.17 bits per heavy atom. The van der Waals surface area contributed by atoms with E-state index in [1.54, 1.807) is 11.3 Å². The van der Waals surface area contributed by atoms with Crippen molar-refractivity contribution in [3.8, 4) is 0 Å². The number of aromatic nitrogens is 1. The van der Waals surface area contributed by atoms with Gasteiger partial charge in [0.05, 0.1) is 11.7 Å². The summed E-state index contributed by atoms with van der Waals surface area (Å²) >= 11 is 1.66. The maximum Gasteiger partial charge on any atom is 0.243 e. The Balaban J connectivity index is 1.68. The molecule has 5 heteroatoms. The van der Waals surface area contributed by atoms with E-state index in [1.807, 2.05) is 0 Å². The lowest BCUT2D eigenvalue weighted by Crippen LogP contribution is -2.35. The zero-order chi connectivity index (χ0) is 12.5. The lowest BCUT2D eigenvalue weighted by Gasteiger charge is -2.15. The van der Waals surface area contributed by atoms with Crippen LogP contribution in [0.3, 0.4) is 0 Å². The molecule has 2 N–H and O–H groups in total. The van der Waals surface area contributed by atoms with Crippen molar-refractivity contribution in [3.05, 3.63) is 10.6 Å². The van der Waals surface area contributed by atoms with Gasteiger partial charge >= 0.3 is 0 Å². The molecule has 1 fully saturated rings. The number of nitrogens with zero attached hydrogens (tertiary/aromatic N) is 1. The molecule has 1 saturated heterocycles. The number of nitrogens with one attached hydrogen (secondary N) is 2. The molecule has 2 atom stereocenters. The van der Waals surface area contributed by atoms with Gasteiger partial charge in [0.15, 0.2) is 5.13 Å². The molecule has 0 spiro atoms. The smallest absolute Gasteiger partial charge is 0.243 e. The number of aryl methyl sites for hydroxylation is 1. The first kappa shape index (κ1) is 12.1. The Hall–Kier alpha value is -0.940. The Morgan fingerprint density at radius 2 is 2.39 bits per heavy atom. The highest BCUT2D eigenvalue weighted by Crippen LogP contribution is 2.32. The minimum atomic E-state index is -0.0233. The number of thiazole rings is 1. The Kier molecular flexibility index (Phi) is 3.35. The van der Waals surface area contributed by atoms with Crippen molar-refractivity contribution in [2.45, 2.75) is 45.1 Å². The summed E-state index contributed by atoms with van der Waals surface area (Å²) in [7, 11) is 0. The van der Waals surface area contributed by atoms with Crippen molar-refractivity contribution in [2.75, 3.05) is 11.9 Å². The molecule has 1 aliphatic carbocycles. The molecule has 0 radical (unpaired) electrons. The van der Waals surface area contributed by atoms with Crippen LogP contribution >= 0.6 is 11.3 Å². The molecule has 1 aromatic heterocycles. The molecule has 4 nitrogen and oxygen atoms in total. The van der Waals surface area contributed by atoms with E-state index in [-0.39, 0.29) is 11.9 Å². The summed E-state index contributed by atoms with van der Waals surface area (Å²) < 4.78 is 0. The monoisotopic (exact) mass is 265 g/mol. The minimum absolute atomic E-state index is 0.0233. The normalized spacial score (nSPS) is 26.9. The van der Waals surface area contributed by atoms with E-state index in [9.17, 15) is 4.79 Å². The molecule has 1 aromatic rings. The molecule has 0 saturated carbocycles. The van der Waals surface area contributed by atoms with Crippen LogP contribution in [0.4, 0.5) is 5.13 Å². The van der Waals surface area contributed by atoms with E-state index in [2.05, 4.69) is 22.5 Å². The fraction of sp³-hybridized carbons (Fsp3) is 0.692. The van der Waals surface area contributed by atoms with Crippen molar-refractivity contribution < 1.29 is 4.79 Å². The Bertz CT molecular complexity index is 451. The van der Waals surface area contributed by atoms with Gasteiger partial charge in [0, 0.05) is 4.88 Å². The second-order valence-corrected chi connectivity index (χ2v) is 6.46. The third-order valence-electron chi connectivity index (χ3n) is 3.79. The van der Waals surface area contributed by atoms with E-state index in [1.165, 1.54) is 17.0 Å². The maximum absolute atomic E-state index is 12.0. The topological polar surface area (TPSA) is 54.0 Å². The van der Waals surface area contributed by atoms with Gasteiger partial charge in [-0.05, 0) is 44.6 Å². The zero-order valence-corrected chi connectivity index (χ0v) is 11.5. The number of anilines is 1. The number of carbonyl (C=O) groups excluding carboxylic acids is 1. The predicted molar refractivity (Wildman–Crippen MR) is 73.0 cm³/mol. The van der Waals surface area contributed by atoms with Crippen LogP contribution < -0.4 is 10.6 Å². The summed E-state index contributed by atoms with van der Waals surface area (Å²) in [6, 6.07) is -0.0233. The van der Waals surface area contributed by atoms with Gasteiger partial charge in [0.2, 0.25) is 5.91 Å². The molecule has 2 heterocycles. The number of rotatable bonds is 2. The highest BCUT2D eigenvalue weighted by Gasteiger charge is 2.24. The maximum atomic E-state index is 12.0. The lowest BCUT2D eigenvalue weighted by atomic mass is 9.93. The van der Waals surface area contributed by atoms with E-state index in [0.717, 1.165) is 43.3 Å². The third-order valence-corrected chi connectivity index (χ3v) is 4.83. The Morgan fingerprint density at radius 1 is 1.50 bits per heavy atom. The second kappa shape index (κ2) is 4.97. The molecule has 2 unspecified atom stereocenters. The van der Waals surface area contributed by atoms with Crippen molar-refractivity contribution in [2.24, 2.45) is 5.92 Å². The summed E-state index contributed by atoms with van der Waals surface area (Å²) in [5.74, 6) is 0.824. The fourth-order valence-corrected chi connectivity index (χ4v) is 3.87. The standard InChI is InChI=1S/C13H19N3OS/c1-8-4-5-9-11(7-8)18-13(15-9)16-12(17)10-3-2-6-14-10/h8,10,14H,2-7H2,1H3,(H,15,16,17). The van der Waals surface area contributed by atoms with Gasteiger partial charge in [-0.1, -0.05) is 6.92 Å². The highest BCUT2D eigenvalue weighted by atomic mass is 32.1. The Labute approximate surface area is 111 Å². The van der Waals surface area contributed by atoms with Crippen LogP contribution in [0.5, 0.6) is 0 Å². The quantitative estimate of drug-likeness (QED) is 0.859. The second-order valence-electron chi connectivity index (χ2n) is 5.38. The molecule has 1 amide bonds. The molecule has 2 aliphatic rings. The molecule has 1 aliphatic heterocycles. The molecular formula is C13H19N3OS. The van der Waals surface area contributed by atoms with Gasteiger partial charge in [-0.2, -0.15) is 0 Å². The van der Waals surface area contributed by atoms with Crippen LogP contribution in [0, 0.1) is 5.92 Å². The molecule has 18 heavy (non-hydrogen) atoms. The molecule has 0 bridgehead atoms. The first-order valence-corrected chi connectivity index (χ1v) is 7.57. The van der Waals surface area contributed by atoms with Gasteiger partial charge in [0.25, 0.3) is 0 Å². The predicted octanol–water partition coefficient (Wildman–Crippen LogP) is 1.96. The van der Waals surface area contributed by atoms with Crippen molar-refractivity contribution in [3.63, 3.8) is 0 Å². The van der Waals surface area contributed by atoms with Crippen LogP contribution in [0.1, 0.15) is 36.8 Å². The summed E-state index contributed by atoms with van der Waals surface area (Å²) in [5.41, 5.74) is 1.20. The largest absolute Gasteiger partial charge is 0.306 e. The van der Waals surface area contributed by atoms with Crippen molar-refractivity contribution >= 4 is 22.4 Å². The summed E-state index contributed by atoms with van der Waals surface area (Å²) in [6.07, 6.45) is 5.42. The van der Waals surface area contributed by atoms with Crippen LogP contribution in [0.15, 0.2) is 0 Å². The average molecular weight is 265 g/mol. The van der Waals surface area contributed by atoms with Gasteiger partial charge in [0.1, 0.15) is 0 Å². The van der Waals surface area contributed by atoms with Crippen LogP contribution in [-0.2, 0) is 17.6 Å². The minimum Gasteiger partial charge on any atom is -0.306 e. The van der Waals surface area contributed by atoms with Gasteiger partial charge in [-0.25, -0.2) is 4.98 Å². The van der Waals surface area contributed by atoms with E-state index < -0.39 is 0 Å². The molecular weight excluding hydrogens is 246 g/mol. The number of hydrogen-bond donors (Lipinski definition) is 2. The van der Waals surface area contributed by atoms with Crippen LogP contribution in [-0.4, -0.2) is 23.5 Å². The van der Waals surface area contributed by atoms with Crippen LogP contribution in [0.2, 0.25) is 0 Å². The average Bonchev–Trinajstić information content (AvgIpc) is 2.95. The summed E-state index contributed by atoms with van der Waals surface area (Å²) in [5, 5.41) is 6.96. The van der Waals surface area contributed by atoms with Crippen molar-refractivity contribution in [1.82, 2.24) is 10.3 Å². The van der Waals surface area contributed by atoms with Crippen molar-refractivity contribution in [1.29, 1.82) is 0 Å². The van der Waals surface area contributed by atoms with Gasteiger partial charge in [-0.3, -0.25) is 4.79 Å². The molecule has 0 aromatic carbocycles. The first-order chi connectivity index (χ1) is 8.72.